The smallest absolute Gasteiger partial charge is 0.338 e. The van der Waals surface area contributed by atoms with Gasteiger partial charge >= 0.3 is 11.9 Å². The molecule has 0 radical (unpaired) electrons. The van der Waals surface area contributed by atoms with E-state index in [1.165, 1.54) is 12.5 Å². The van der Waals surface area contributed by atoms with Gasteiger partial charge in [-0.1, -0.05) is 44.2 Å². The minimum atomic E-state index is -0.303. The van der Waals surface area contributed by atoms with Gasteiger partial charge in [0.05, 0.1) is 12.2 Å². The van der Waals surface area contributed by atoms with E-state index in [1.54, 1.807) is 13.0 Å². The number of carbonyl (C=O) groups is 2. The van der Waals surface area contributed by atoms with Crippen LogP contribution in [0.2, 0.25) is 0 Å². The van der Waals surface area contributed by atoms with Gasteiger partial charge in [-0.3, -0.25) is 4.79 Å². The van der Waals surface area contributed by atoms with Gasteiger partial charge < -0.3 is 9.47 Å². The lowest BCUT2D eigenvalue weighted by molar-refractivity contribution is -0.147. The van der Waals surface area contributed by atoms with Crippen molar-refractivity contribution in [1.82, 2.24) is 0 Å². The number of fused-ring (bicyclic) bond motifs is 2. The Hall–Kier alpha value is -3.14. The van der Waals surface area contributed by atoms with E-state index in [0.717, 1.165) is 40.3 Å². The maximum Gasteiger partial charge on any atom is 0.338 e. The molecule has 160 valence electrons. The van der Waals surface area contributed by atoms with Gasteiger partial charge in [0.2, 0.25) is 0 Å². The Kier molecular flexibility index (Phi) is 5.57. The maximum absolute atomic E-state index is 12.0. The van der Waals surface area contributed by atoms with E-state index in [-0.39, 0.29) is 23.5 Å². The molecule has 0 aromatic heterocycles. The Bertz CT molecular complexity index is 1160. The second-order valence-electron chi connectivity index (χ2n) is 8.82. The molecule has 4 heteroatoms. The molecule has 31 heavy (non-hydrogen) atoms. The summed E-state index contributed by atoms with van der Waals surface area (Å²) in [5.41, 5.74) is 5.13. The molecule has 1 unspecified atom stereocenters. The molecule has 1 aliphatic rings. The molecule has 0 aliphatic heterocycles. The van der Waals surface area contributed by atoms with Gasteiger partial charge in [0.1, 0.15) is 6.10 Å². The minimum absolute atomic E-state index is 0.0530. The average molecular weight is 417 g/mol. The van der Waals surface area contributed by atoms with Crippen molar-refractivity contribution in [3.05, 3.63) is 71.3 Å². The van der Waals surface area contributed by atoms with Crippen molar-refractivity contribution in [2.45, 2.75) is 52.1 Å². The van der Waals surface area contributed by atoms with Crippen LogP contribution < -0.4 is 0 Å². The normalized spacial score (nSPS) is 17.1. The summed E-state index contributed by atoms with van der Waals surface area (Å²) in [7, 11) is 0. The van der Waals surface area contributed by atoms with Crippen molar-refractivity contribution in [3.63, 3.8) is 0 Å². The lowest BCUT2D eigenvalue weighted by atomic mass is 9.71. The Labute approximate surface area is 183 Å². The second kappa shape index (κ2) is 8.18. The largest absolute Gasteiger partial charge is 0.462 e. The molecule has 0 saturated carbocycles. The van der Waals surface area contributed by atoms with E-state index in [0.29, 0.717) is 12.2 Å². The zero-order valence-corrected chi connectivity index (χ0v) is 18.5. The van der Waals surface area contributed by atoms with Gasteiger partial charge in [0, 0.05) is 6.92 Å². The van der Waals surface area contributed by atoms with Crippen molar-refractivity contribution in [2.75, 3.05) is 6.61 Å². The second-order valence-corrected chi connectivity index (χ2v) is 8.82. The number of hydrogen-bond acceptors (Lipinski definition) is 4. The Morgan fingerprint density at radius 2 is 1.65 bits per heavy atom. The van der Waals surface area contributed by atoms with Crippen LogP contribution in [0.4, 0.5) is 0 Å². The molecular weight excluding hydrogens is 388 g/mol. The fraction of sp³-hybridized carbons (Fsp3) is 0.333. The summed E-state index contributed by atoms with van der Waals surface area (Å²) < 4.78 is 10.7. The Balaban J connectivity index is 1.73. The van der Waals surface area contributed by atoms with Gasteiger partial charge in [-0.05, 0) is 82.5 Å². The van der Waals surface area contributed by atoms with Crippen LogP contribution in [0.1, 0.15) is 68.1 Å². The molecule has 4 nitrogen and oxygen atoms in total. The number of esters is 2. The predicted octanol–water partition coefficient (Wildman–Crippen LogP) is 6.36. The Morgan fingerprint density at radius 1 is 0.968 bits per heavy atom. The zero-order valence-electron chi connectivity index (χ0n) is 18.5. The van der Waals surface area contributed by atoms with Crippen LogP contribution in [-0.2, 0) is 19.7 Å². The van der Waals surface area contributed by atoms with E-state index < -0.39 is 0 Å². The average Bonchev–Trinajstić information content (AvgIpc) is 2.75. The first-order valence-electron chi connectivity index (χ1n) is 10.8. The van der Waals surface area contributed by atoms with Crippen molar-refractivity contribution in [3.8, 4) is 11.1 Å². The number of hydrogen-bond donors (Lipinski definition) is 0. The molecule has 0 amide bonds. The zero-order chi connectivity index (χ0) is 22.2. The van der Waals surface area contributed by atoms with E-state index in [9.17, 15) is 9.59 Å². The van der Waals surface area contributed by atoms with Crippen LogP contribution in [0, 0.1) is 0 Å². The number of rotatable bonds is 4. The third-order valence-electron chi connectivity index (χ3n) is 6.15. The third kappa shape index (κ3) is 4.20. The molecule has 1 aliphatic carbocycles. The molecule has 0 bridgehead atoms. The molecule has 0 fully saturated rings. The van der Waals surface area contributed by atoms with E-state index in [4.69, 9.17) is 9.47 Å². The lowest BCUT2D eigenvalue weighted by Crippen LogP contribution is -2.28. The van der Waals surface area contributed by atoms with Crippen molar-refractivity contribution < 1.29 is 19.1 Å². The van der Waals surface area contributed by atoms with Gasteiger partial charge in [-0.15, -0.1) is 0 Å². The highest BCUT2D eigenvalue weighted by molar-refractivity contribution is 5.96. The van der Waals surface area contributed by atoms with Gasteiger partial charge in [-0.2, -0.15) is 0 Å². The van der Waals surface area contributed by atoms with E-state index in [2.05, 4.69) is 44.2 Å². The molecule has 0 heterocycles. The van der Waals surface area contributed by atoms with Gasteiger partial charge in [0.25, 0.3) is 0 Å². The predicted molar refractivity (Wildman–Crippen MR) is 122 cm³/mol. The quantitative estimate of drug-likeness (QED) is 0.465. The number of carbonyl (C=O) groups excluding carboxylic acids is 2. The summed E-state index contributed by atoms with van der Waals surface area (Å²) in [6, 6.07) is 18.3. The van der Waals surface area contributed by atoms with Crippen LogP contribution in [-0.4, -0.2) is 18.5 Å². The summed E-state index contributed by atoms with van der Waals surface area (Å²) in [4.78, 5) is 23.7. The molecule has 0 N–H and O–H groups in total. The molecule has 3 aromatic carbocycles. The van der Waals surface area contributed by atoms with E-state index in [1.807, 2.05) is 18.2 Å². The fourth-order valence-corrected chi connectivity index (χ4v) is 4.50. The van der Waals surface area contributed by atoms with E-state index >= 15 is 0 Å². The lowest BCUT2D eigenvalue weighted by Gasteiger charge is -2.37. The highest BCUT2D eigenvalue weighted by Gasteiger charge is 2.34. The van der Waals surface area contributed by atoms with Crippen LogP contribution in [0.15, 0.2) is 54.6 Å². The molecule has 0 saturated heterocycles. The van der Waals surface area contributed by atoms with Crippen LogP contribution >= 0.6 is 0 Å². The Morgan fingerprint density at radius 3 is 2.39 bits per heavy atom. The van der Waals surface area contributed by atoms with Crippen molar-refractivity contribution >= 4 is 22.7 Å². The summed E-state index contributed by atoms with van der Waals surface area (Å²) in [5.74, 6) is -0.550. The first-order valence-corrected chi connectivity index (χ1v) is 10.8. The number of ether oxygens (including phenoxy) is 2. The molecular formula is C27H28O4. The number of benzene rings is 3. The minimum Gasteiger partial charge on any atom is -0.462 e. The highest BCUT2D eigenvalue weighted by atomic mass is 16.5. The van der Waals surface area contributed by atoms with Crippen LogP contribution in [0.3, 0.4) is 0 Å². The fourth-order valence-electron chi connectivity index (χ4n) is 4.50. The first kappa shape index (κ1) is 21.1. The molecule has 4 rings (SSSR count). The molecule has 1 atom stereocenters. The van der Waals surface area contributed by atoms with Gasteiger partial charge in [-0.25, -0.2) is 4.79 Å². The van der Waals surface area contributed by atoms with Crippen molar-refractivity contribution in [2.24, 2.45) is 0 Å². The highest BCUT2D eigenvalue weighted by Crippen LogP contribution is 2.44. The summed E-state index contributed by atoms with van der Waals surface area (Å²) >= 11 is 0. The third-order valence-corrected chi connectivity index (χ3v) is 6.15. The molecule has 3 aromatic rings. The summed E-state index contributed by atoms with van der Waals surface area (Å²) in [6.07, 6.45) is 1.61. The first-order chi connectivity index (χ1) is 14.8. The molecule has 0 spiro atoms. The standard InChI is InChI=1S/C27H28O4/c1-5-30-26(29)22-9-8-18-14-19(6-7-20(18)15-22)21-10-11-24-23(16-21)25(31-17(2)28)12-13-27(24,3)4/h6-11,14-16,25H,5,12-13H2,1-4H3. The topological polar surface area (TPSA) is 52.6 Å². The van der Waals surface area contributed by atoms with Gasteiger partial charge in [0.15, 0.2) is 0 Å². The van der Waals surface area contributed by atoms with Crippen LogP contribution in [0.5, 0.6) is 0 Å². The monoisotopic (exact) mass is 416 g/mol. The maximum atomic E-state index is 12.0. The summed E-state index contributed by atoms with van der Waals surface area (Å²) in [5, 5.41) is 2.05. The summed E-state index contributed by atoms with van der Waals surface area (Å²) in [6.45, 7) is 8.12. The van der Waals surface area contributed by atoms with Crippen LogP contribution in [0.25, 0.3) is 21.9 Å². The SMILES string of the molecule is CCOC(=O)c1ccc2cc(-c3ccc4c(c3)C(OC(C)=O)CCC4(C)C)ccc2c1. The van der Waals surface area contributed by atoms with Crippen molar-refractivity contribution in [1.29, 1.82) is 0 Å².